The fourth-order valence-corrected chi connectivity index (χ4v) is 3.12. The maximum Gasteiger partial charge on any atom is 0.246 e. The summed E-state index contributed by atoms with van der Waals surface area (Å²) in [5.74, 6) is 1.57. The van der Waals surface area contributed by atoms with E-state index in [1.54, 1.807) is 62.5 Å². The number of nitrogens with zero attached hydrogens (tertiary/aromatic N) is 4. The van der Waals surface area contributed by atoms with Gasteiger partial charge in [0.1, 0.15) is 18.4 Å². The Balaban J connectivity index is 1.74. The molecule has 8 heteroatoms. The smallest absolute Gasteiger partial charge is 0.246 e. The zero-order chi connectivity index (χ0) is 22.4. The van der Waals surface area contributed by atoms with E-state index in [0.29, 0.717) is 22.8 Å². The molecule has 0 spiro atoms. The van der Waals surface area contributed by atoms with Gasteiger partial charge in [0.15, 0.2) is 11.5 Å². The third-order valence-corrected chi connectivity index (χ3v) is 5.13. The molecule has 3 rings (SSSR count). The molecule has 0 radical (unpaired) electrons. The van der Waals surface area contributed by atoms with Crippen LogP contribution in [0.1, 0.15) is 24.1 Å². The molecule has 0 fully saturated rings. The average molecular weight is 422 g/mol. The van der Waals surface area contributed by atoms with Crippen molar-refractivity contribution in [3.63, 3.8) is 0 Å². The van der Waals surface area contributed by atoms with Crippen LogP contribution >= 0.6 is 0 Å². The molecule has 0 N–H and O–H groups in total. The number of carbonyl (C=O) groups is 1. The van der Waals surface area contributed by atoms with Gasteiger partial charge < -0.3 is 19.1 Å². The highest BCUT2D eigenvalue weighted by Gasteiger charge is 2.16. The van der Waals surface area contributed by atoms with Crippen LogP contribution < -0.4 is 14.2 Å². The van der Waals surface area contributed by atoms with Crippen molar-refractivity contribution < 1.29 is 19.0 Å². The number of likely N-dealkylation sites (N-methyl/N-ethyl adjacent to an activating group) is 1. The number of hydrogen-bond donors (Lipinski definition) is 0. The normalized spacial score (nSPS) is 11.9. The van der Waals surface area contributed by atoms with Crippen molar-refractivity contribution >= 4 is 12.0 Å². The minimum absolute atomic E-state index is 0.116. The number of amides is 1. The molecule has 1 heterocycles. The first-order chi connectivity index (χ1) is 15.0. The summed E-state index contributed by atoms with van der Waals surface area (Å²) in [5.41, 5.74) is 2.63. The Labute approximate surface area is 181 Å². The van der Waals surface area contributed by atoms with Gasteiger partial charge in [-0.2, -0.15) is 5.10 Å². The summed E-state index contributed by atoms with van der Waals surface area (Å²) in [5, 5.41) is 4.12. The Kier molecular flexibility index (Phi) is 6.92. The predicted molar refractivity (Wildman–Crippen MR) is 118 cm³/mol. The van der Waals surface area contributed by atoms with Gasteiger partial charge in [0.2, 0.25) is 5.91 Å². The van der Waals surface area contributed by atoms with Gasteiger partial charge in [-0.15, -0.1) is 0 Å². The number of rotatable bonds is 8. The number of ether oxygens (including phenoxy) is 3. The molecule has 1 aromatic heterocycles. The van der Waals surface area contributed by atoms with E-state index in [-0.39, 0.29) is 11.9 Å². The van der Waals surface area contributed by atoms with Crippen molar-refractivity contribution in [2.24, 2.45) is 0 Å². The van der Waals surface area contributed by atoms with Crippen LogP contribution in [-0.2, 0) is 4.79 Å². The molecule has 0 unspecified atom stereocenters. The van der Waals surface area contributed by atoms with Crippen molar-refractivity contribution in [2.75, 3.05) is 28.4 Å². The first kappa shape index (κ1) is 21.9. The predicted octanol–water partition coefficient (Wildman–Crippen LogP) is 3.53. The van der Waals surface area contributed by atoms with E-state index in [0.717, 1.165) is 11.3 Å². The van der Waals surface area contributed by atoms with Crippen molar-refractivity contribution in [1.29, 1.82) is 0 Å². The molecule has 3 aromatic rings. The van der Waals surface area contributed by atoms with Gasteiger partial charge in [-0.05, 0) is 36.8 Å². The molecule has 0 saturated heterocycles. The molecule has 0 aliphatic heterocycles. The lowest BCUT2D eigenvalue weighted by molar-refractivity contribution is -0.126. The molecule has 0 aliphatic carbocycles. The van der Waals surface area contributed by atoms with Gasteiger partial charge in [-0.3, -0.25) is 4.79 Å². The van der Waals surface area contributed by atoms with Crippen LogP contribution in [-0.4, -0.2) is 53.9 Å². The molecule has 0 aliphatic rings. The average Bonchev–Trinajstić information content (AvgIpc) is 3.36. The second kappa shape index (κ2) is 9.80. The Hall–Kier alpha value is -3.81. The van der Waals surface area contributed by atoms with Crippen LogP contribution in [0.5, 0.6) is 17.2 Å². The van der Waals surface area contributed by atoms with E-state index in [9.17, 15) is 4.79 Å². The fraction of sp³-hybridized carbons (Fsp3) is 0.261. The first-order valence-electron chi connectivity index (χ1n) is 9.68. The molecular weight excluding hydrogens is 396 g/mol. The Morgan fingerprint density at radius 1 is 1.03 bits per heavy atom. The SMILES string of the molecule is COc1cc(OC)c(OC)cc1/C=C/C(=O)N(C)[C@H](C)c1ccc(-n2cncn2)cc1. The Morgan fingerprint density at radius 2 is 1.68 bits per heavy atom. The molecular formula is C23H26N4O4. The first-order valence-corrected chi connectivity index (χ1v) is 9.68. The lowest BCUT2D eigenvalue weighted by atomic mass is 10.1. The molecule has 31 heavy (non-hydrogen) atoms. The molecule has 0 saturated carbocycles. The zero-order valence-electron chi connectivity index (χ0n) is 18.3. The maximum atomic E-state index is 12.8. The van der Waals surface area contributed by atoms with Crippen LogP contribution in [0.15, 0.2) is 55.1 Å². The van der Waals surface area contributed by atoms with E-state index in [4.69, 9.17) is 14.2 Å². The van der Waals surface area contributed by atoms with Crippen LogP contribution in [0.25, 0.3) is 11.8 Å². The highest BCUT2D eigenvalue weighted by Crippen LogP contribution is 2.35. The second-order valence-electron chi connectivity index (χ2n) is 6.84. The van der Waals surface area contributed by atoms with E-state index >= 15 is 0 Å². The molecule has 1 amide bonds. The van der Waals surface area contributed by atoms with Crippen LogP contribution in [0.3, 0.4) is 0 Å². The molecule has 2 aromatic carbocycles. The minimum atomic E-state index is -0.135. The third-order valence-electron chi connectivity index (χ3n) is 5.13. The zero-order valence-corrected chi connectivity index (χ0v) is 18.3. The molecule has 162 valence electrons. The van der Waals surface area contributed by atoms with E-state index < -0.39 is 0 Å². The van der Waals surface area contributed by atoms with Crippen molar-refractivity contribution in [1.82, 2.24) is 19.7 Å². The monoisotopic (exact) mass is 422 g/mol. The largest absolute Gasteiger partial charge is 0.496 e. The van der Waals surface area contributed by atoms with Gasteiger partial charge in [0, 0.05) is 24.8 Å². The lowest BCUT2D eigenvalue weighted by Gasteiger charge is -2.24. The number of carbonyl (C=O) groups excluding carboxylic acids is 1. The maximum absolute atomic E-state index is 12.8. The summed E-state index contributed by atoms with van der Waals surface area (Å²) in [7, 11) is 6.46. The van der Waals surface area contributed by atoms with Gasteiger partial charge >= 0.3 is 0 Å². The molecule has 0 bridgehead atoms. The summed E-state index contributed by atoms with van der Waals surface area (Å²) < 4.78 is 17.7. The molecule has 8 nitrogen and oxygen atoms in total. The van der Waals surface area contributed by atoms with Crippen LogP contribution in [0, 0.1) is 0 Å². The van der Waals surface area contributed by atoms with Crippen molar-refractivity contribution in [3.8, 4) is 22.9 Å². The van der Waals surface area contributed by atoms with Crippen molar-refractivity contribution in [2.45, 2.75) is 13.0 Å². The number of hydrogen-bond acceptors (Lipinski definition) is 6. The number of benzene rings is 2. The van der Waals surface area contributed by atoms with Crippen molar-refractivity contribution in [3.05, 3.63) is 66.3 Å². The quantitative estimate of drug-likeness (QED) is 0.517. The van der Waals surface area contributed by atoms with Gasteiger partial charge in [-0.25, -0.2) is 9.67 Å². The van der Waals surface area contributed by atoms with Gasteiger partial charge in [0.25, 0.3) is 0 Å². The Bertz CT molecular complexity index is 1050. The van der Waals surface area contributed by atoms with Gasteiger partial charge in [-0.1, -0.05) is 12.1 Å². The van der Waals surface area contributed by atoms with Crippen LogP contribution in [0.2, 0.25) is 0 Å². The second-order valence-corrected chi connectivity index (χ2v) is 6.84. The summed E-state index contributed by atoms with van der Waals surface area (Å²) in [6, 6.07) is 11.2. The molecule has 1 atom stereocenters. The van der Waals surface area contributed by atoms with Gasteiger partial charge in [0.05, 0.1) is 33.1 Å². The minimum Gasteiger partial charge on any atom is -0.496 e. The third kappa shape index (κ3) is 4.85. The summed E-state index contributed by atoms with van der Waals surface area (Å²) in [6.45, 7) is 1.98. The lowest BCUT2D eigenvalue weighted by Crippen LogP contribution is -2.28. The Morgan fingerprint density at radius 3 is 2.26 bits per heavy atom. The number of methoxy groups -OCH3 is 3. The number of aromatic nitrogens is 3. The van der Waals surface area contributed by atoms with E-state index in [2.05, 4.69) is 10.1 Å². The van der Waals surface area contributed by atoms with Crippen LogP contribution in [0.4, 0.5) is 0 Å². The standard InChI is InChI=1S/C23H26N4O4/c1-16(17-6-9-19(10-7-17)27-15-24-14-25-27)26(2)23(28)11-8-18-12-21(30-4)22(31-5)13-20(18)29-3/h6-16H,1-5H3/b11-8+/t16-/m1/s1. The summed E-state index contributed by atoms with van der Waals surface area (Å²) in [4.78, 5) is 18.4. The highest BCUT2D eigenvalue weighted by molar-refractivity contribution is 5.92. The van der Waals surface area contributed by atoms with E-state index in [1.807, 2.05) is 31.2 Å². The summed E-state index contributed by atoms with van der Waals surface area (Å²) >= 11 is 0. The van der Waals surface area contributed by atoms with E-state index in [1.165, 1.54) is 12.4 Å². The summed E-state index contributed by atoms with van der Waals surface area (Å²) in [6.07, 6.45) is 6.36. The fourth-order valence-electron chi connectivity index (χ4n) is 3.12. The topological polar surface area (TPSA) is 78.7 Å². The highest BCUT2D eigenvalue weighted by atomic mass is 16.5.